The van der Waals surface area contributed by atoms with Crippen molar-refractivity contribution in [3.63, 3.8) is 0 Å². The minimum Gasteiger partial charge on any atom is -0.494 e. The Bertz CT molecular complexity index is 803. The number of aryl methyl sites for hydroxylation is 3. The van der Waals surface area contributed by atoms with Crippen molar-refractivity contribution in [2.24, 2.45) is 0 Å². The van der Waals surface area contributed by atoms with Gasteiger partial charge in [0.15, 0.2) is 0 Å². The first-order valence-electron chi connectivity index (χ1n) is 7.41. The van der Waals surface area contributed by atoms with E-state index in [0.717, 1.165) is 45.1 Å². The Morgan fingerprint density at radius 3 is 2.68 bits per heavy atom. The molecule has 5 heteroatoms. The Kier molecular flexibility index (Phi) is 3.71. The number of anilines is 2. The molecular weight excluding hydrogens is 276 g/mol. The number of aromatic nitrogens is 3. The second-order valence-corrected chi connectivity index (χ2v) is 5.36. The number of benzene rings is 1. The molecule has 2 heterocycles. The zero-order valence-corrected chi connectivity index (χ0v) is 13.3. The molecule has 114 valence electrons. The minimum atomic E-state index is 0.646. The van der Waals surface area contributed by atoms with Crippen LogP contribution in [-0.4, -0.2) is 21.8 Å². The van der Waals surface area contributed by atoms with Gasteiger partial charge in [-0.15, -0.1) is 0 Å². The van der Waals surface area contributed by atoms with Gasteiger partial charge in [0.25, 0.3) is 0 Å². The van der Waals surface area contributed by atoms with Gasteiger partial charge in [-0.1, -0.05) is 0 Å². The van der Waals surface area contributed by atoms with Crippen LogP contribution in [0.3, 0.4) is 0 Å². The number of hydrogen-bond donors (Lipinski definition) is 2. The van der Waals surface area contributed by atoms with Crippen molar-refractivity contribution in [2.45, 2.75) is 27.7 Å². The predicted octanol–water partition coefficient (Wildman–Crippen LogP) is 4.03. The topological polar surface area (TPSA) is 62.8 Å². The Morgan fingerprint density at radius 1 is 1.18 bits per heavy atom. The standard InChI is InChI=1S/C17H20N4O/c1-5-22-13-6-7-15-14(9-13)16(8-10(2)18-15)19-17-11(3)20-21-12(17)4/h6-9H,5H2,1-4H3,(H,18,19)(H,20,21). The van der Waals surface area contributed by atoms with Gasteiger partial charge in [0.1, 0.15) is 5.75 Å². The van der Waals surface area contributed by atoms with E-state index < -0.39 is 0 Å². The summed E-state index contributed by atoms with van der Waals surface area (Å²) in [6.07, 6.45) is 0. The monoisotopic (exact) mass is 296 g/mol. The van der Waals surface area contributed by atoms with Crippen LogP contribution in [-0.2, 0) is 0 Å². The highest BCUT2D eigenvalue weighted by Gasteiger charge is 2.10. The van der Waals surface area contributed by atoms with E-state index in [-0.39, 0.29) is 0 Å². The van der Waals surface area contributed by atoms with Gasteiger partial charge < -0.3 is 10.1 Å². The van der Waals surface area contributed by atoms with Gasteiger partial charge in [-0.2, -0.15) is 5.10 Å². The lowest BCUT2D eigenvalue weighted by Crippen LogP contribution is -1.98. The largest absolute Gasteiger partial charge is 0.494 e. The Balaban J connectivity index is 2.12. The molecule has 22 heavy (non-hydrogen) atoms. The second-order valence-electron chi connectivity index (χ2n) is 5.36. The number of nitrogens with one attached hydrogen (secondary N) is 2. The van der Waals surface area contributed by atoms with Gasteiger partial charge in [-0.25, -0.2) is 0 Å². The van der Waals surface area contributed by atoms with Crippen molar-refractivity contribution in [2.75, 3.05) is 11.9 Å². The summed E-state index contributed by atoms with van der Waals surface area (Å²) in [4.78, 5) is 4.59. The predicted molar refractivity (Wildman–Crippen MR) is 89.0 cm³/mol. The summed E-state index contributed by atoms with van der Waals surface area (Å²) in [5.41, 5.74) is 5.90. The van der Waals surface area contributed by atoms with Gasteiger partial charge in [0.05, 0.1) is 29.2 Å². The molecule has 0 aliphatic heterocycles. The second kappa shape index (κ2) is 5.67. The van der Waals surface area contributed by atoms with Crippen LogP contribution in [0.15, 0.2) is 24.3 Å². The smallest absolute Gasteiger partial charge is 0.120 e. The molecule has 2 aromatic heterocycles. The Morgan fingerprint density at radius 2 is 2.00 bits per heavy atom. The van der Waals surface area contributed by atoms with Gasteiger partial charge in [0, 0.05) is 16.8 Å². The molecular formula is C17H20N4O. The SMILES string of the molecule is CCOc1ccc2nc(C)cc(Nc3c(C)n[nH]c3C)c2c1. The fourth-order valence-electron chi connectivity index (χ4n) is 2.57. The van der Waals surface area contributed by atoms with Gasteiger partial charge >= 0.3 is 0 Å². The molecule has 0 bridgehead atoms. The molecule has 1 aromatic carbocycles. The van der Waals surface area contributed by atoms with Crippen molar-refractivity contribution in [1.82, 2.24) is 15.2 Å². The highest BCUT2D eigenvalue weighted by Crippen LogP contribution is 2.31. The molecule has 0 spiro atoms. The molecule has 5 nitrogen and oxygen atoms in total. The van der Waals surface area contributed by atoms with Crippen molar-refractivity contribution < 1.29 is 4.74 Å². The van der Waals surface area contributed by atoms with Gasteiger partial charge in [-0.05, 0) is 52.0 Å². The van der Waals surface area contributed by atoms with Crippen molar-refractivity contribution in [3.8, 4) is 5.75 Å². The number of rotatable bonds is 4. The van der Waals surface area contributed by atoms with Crippen LogP contribution in [0, 0.1) is 20.8 Å². The quantitative estimate of drug-likeness (QED) is 0.763. The summed E-state index contributed by atoms with van der Waals surface area (Å²) in [6.45, 7) is 8.61. The maximum Gasteiger partial charge on any atom is 0.120 e. The molecule has 0 saturated heterocycles. The fraction of sp³-hybridized carbons (Fsp3) is 0.294. The summed E-state index contributed by atoms with van der Waals surface area (Å²) in [7, 11) is 0. The third-order valence-electron chi connectivity index (χ3n) is 3.61. The first kappa shape index (κ1) is 14.4. The molecule has 3 rings (SSSR count). The number of fused-ring (bicyclic) bond motifs is 1. The molecule has 0 radical (unpaired) electrons. The number of nitrogens with zero attached hydrogens (tertiary/aromatic N) is 2. The summed E-state index contributed by atoms with van der Waals surface area (Å²) in [5.74, 6) is 0.851. The molecule has 0 amide bonds. The van der Waals surface area contributed by atoms with E-state index in [2.05, 4.69) is 20.5 Å². The van der Waals surface area contributed by atoms with E-state index in [1.807, 2.05) is 52.0 Å². The molecule has 0 fully saturated rings. The molecule has 0 aliphatic rings. The number of ether oxygens (including phenoxy) is 1. The van der Waals surface area contributed by atoms with E-state index in [4.69, 9.17) is 4.74 Å². The van der Waals surface area contributed by atoms with Crippen LogP contribution in [0.4, 0.5) is 11.4 Å². The molecule has 0 unspecified atom stereocenters. The number of H-pyrrole nitrogens is 1. The molecule has 0 atom stereocenters. The molecule has 0 aliphatic carbocycles. The number of pyridine rings is 1. The van der Waals surface area contributed by atoms with Crippen molar-refractivity contribution >= 4 is 22.3 Å². The molecule has 3 aromatic rings. The van der Waals surface area contributed by atoms with E-state index in [1.54, 1.807) is 0 Å². The van der Waals surface area contributed by atoms with Gasteiger partial charge in [0.2, 0.25) is 0 Å². The Hall–Kier alpha value is -2.56. The van der Waals surface area contributed by atoms with Crippen LogP contribution in [0.2, 0.25) is 0 Å². The van der Waals surface area contributed by atoms with Crippen LogP contribution in [0.5, 0.6) is 5.75 Å². The summed E-state index contributed by atoms with van der Waals surface area (Å²) < 4.78 is 5.61. The third kappa shape index (κ3) is 2.62. The van der Waals surface area contributed by atoms with Crippen LogP contribution < -0.4 is 10.1 Å². The van der Waals surface area contributed by atoms with Crippen LogP contribution in [0.25, 0.3) is 10.9 Å². The van der Waals surface area contributed by atoms with Gasteiger partial charge in [-0.3, -0.25) is 10.1 Å². The molecule has 2 N–H and O–H groups in total. The maximum atomic E-state index is 5.61. The third-order valence-corrected chi connectivity index (χ3v) is 3.61. The average molecular weight is 296 g/mol. The number of aromatic amines is 1. The summed E-state index contributed by atoms with van der Waals surface area (Å²) >= 11 is 0. The number of hydrogen-bond acceptors (Lipinski definition) is 4. The fourth-order valence-corrected chi connectivity index (χ4v) is 2.57. The minimum absolute atomic E-state index is 0.646. The zero-order chi connectivity index (χ0) is 15.7. The first-order valence-corrected chi connectivity index (χ1v) is 7.41. The maximum absolute atomic E-state index is 5.61. The van der Waals surface area contributed by atoms with Crippen LogP contribution in [0.1, 0.15) is 24.0 Å². The van der Waals surface area contributed by atoms with Crippen molar-refractivity contribution in [3.05, 3.63) is 41.3 Å². The van der Waals surface area contributed by atoms with Crippen LogP contribution >= 0.6 is 0 Å². The summed E-state index contributed by atoms with van der Waals surface area (Å²) in [5, 5.41) is 11.8. The highest BCUT2D eigenvalue weighted by molar-refractivity contribution is 5.94. The van der Waals surface area contributed by atoms with E-state index in [0.29, 0.717) is 6.61 Å². The van der Waals surface area contributed by atoms with Crippen molar-refractivity contribution in [1.29, 1.82) is 0 Å². The summed E-state index contributed by atoms with van der Waals surface area (Å²) in [6, 6.07) is 8.02. The normalized spacial score (nSPS) is 10.9. The Labute approximate surface area is 129 Å². The lowest BCUT2D eigenvalue weighted by molar-refractivity contribution is 0.340. The first-order chi connectivity index (χ1) is 10.6. The van der Waals surface area contributed by atoms with E-state index >= 15 is 0 Å². The average Bonchev–Trinajstić information content (AvgIpc) is 2.80. The highest BCUT2D eigenvalue weighted by atomic mass is 16.5. The molecule has 0 saturated carbocycles. The van der Waals surface area contributed by atoms with E-state index in [1.165, 1.54) is 0 Å². The zero-order valence-electron chi connectivity index (χ0n) is 13.3. The lowest BCUT2D eigenvalue weighted by atomic mass is 10.1. The lowest BCUT2D eigenvalue weighted by Gasteiger charge is -2.12. The van der Waals surface area contributed by atoms with E-state index in [9.17, 15) is 0 Å².